The highest BCUT2D eigenvalue weighted by atomic mass is 19.1. The largest absolute Gasteiger partial charge is 0.494 e. The maximum absolute atomic E-state index is 13.9. The van der Waals surface area contributed by atoms with E-state index >= 15 is 0 Å². The van der Waals surface area contributed by atoms with Gasteiger partial charge in [0.05, 0.1) is 14.2 Å². The summed E-state index contributed by atoms with van der Waals surface area (Å²) < 4.78 is 31.3. The third-order valence-corrected chi connectivity index (χ3v) is 4.80. The summed E-state index contributed by atoms with van der Waals surface area (Å²) in [4.78, 5) is 15.8. The molecule has 33 heavy (non-hydrogen) atoms. The van der Waals surface area contributed by atoms with Gasteiger partial charge in [-0.2, -0.15) is 5.26 Å². The van der Waals surface area contributed by atoms with E-state index < -0.39 is 11.7 Å². The topological polar surface area (TPSA) is 140 Å². The van der Waals surface area contributed by atoms with Crippen LogP contribution in [0.4, 0.5) is 15.9 Å². The molecule has 0 saturated heterocycles. The Morgan fingerprint density at radius 3 is 2.70 bits per heavy atom. The Hall–Kier alpha value is -4.72. The molecule has 2 aromatic heterocycles. The van der Waals surface area contributed by atoms with Gasteiger partial charge in [0.1, 0.15) is 17.3 Å². The van der Waals surface area contributed by atoms with Gasteiger partial charge in [-0.1, -0.05) is 0 Å². The molecule has 2 heterocycles. The minimum atomic E-state index is -0.635. The summed E-state index contributed by atoms with van der Waals surface area (Å²) in [7, 11) is 2.85. The first-order valence-corrected chi connectivity index (χ1v) is 9.65. The number of carbonyl (C=O) groups is 1. The Kier molecular flexibility index (Phi) is 5.73. The molecule has 0 radical (unpaired) electrons. The van der Waals surface area contributed by atoms with Crippen LogP contribution in [0.3, 0.4) is 0 Å². The van der Waals surface area contributed by atoms with Gasteiger partial charge in [0.2, 0.25) is 0 Å². The Labute approximate surface area is 187 Å². The minimum absolute atomic E-state index is 0.0677. The molecule has 168 valence electrons. The molecule has 4 aromatic rings. The second-order valence-electron chi connectivity index (χ2n) is 6.86. The van der Waals surface area contributed by atoms with E-state index in [2.05, 4.69) is 21.5 Å². The summed E-state index contributed by atoms with van der Waals surface area (Å²) >= 11 is 0. The second-order valence-corrected chi connectivity index (χ2v) is 6.86. The molecule has 0 aliphatic carbocycles. The van der Waals surface area contributed by atoms with Crippen molar-refractivity contribution in [3.8, 4) is 34.6 Å². The zero-order valence-corrected chi connectivity index (χ0v) is 17.7. The van der Waals surface area contributed by atoms with Crippen molar-refractivity contribution in [1.29, 1.82) is 5.26 Å². The first kappa shape index (κ1) is 21.5. The molecule has 2 aromatic carbocycles. The first-order valence-electron chi connectivity index (χ1n) is 9.65. The number of imidazole rings is 1. The number of benzene rings is 2. The van der Waals surface area contributed by atoms with E-state index in [1.807, 2.05) is 0 Å². The van der Waals surface area contributed by atoms with Gasteiger partial charge >= 0.3 is 0 Å². The predicted molar refractivity (Wildman–Crippen MR) is 117 cm³/mol. The maximum atomic E-state index is 13.9. The van der Waals surface area contributed by atoms with Gasteiger partial charge in [-0.3, -0.25) is 9.89 Å². The molecule has 0 spiro atoms. The SMILES string of the molecule is COc1cc(Nc2c(-c3ccc(OC)c(OCC(N)=O)c3)nc3c(C#N)c[nH]n23)ccc1F. The molecule has 4 rings (SSSR count). The average molecular weight is 450 g/mol. The van der Waals surface area contributed by atoms with Crippen LogP contribution in [-0.2, 0) is 4.79 Å². The molecule has 0 unspecified atom stereocenters. The van der Waals surface area contributed by atoms with E-state index in [4.69, 9.17) is 19.9 Å². The number of nitrogens with zero attached hydrogens (tertiary/aromatic N) is 3. The number of aromatic amines is 1. The minimum Gasteiger partial charge on any atom is -0.494 e. The lowest BCUT2D eigenvalue weighted by atomic mass is 10.1. The first-order chi connectivity index (χ1) is 15.9. The number of rotatable bonds is 8. The van der Waals surface area contributed by atoms with Gasteiger partial charge < -0.3 is 25.3 Å². The van der Waals surface area contributed by atoms with Crippen molar-refractivity contribution in [3.63, 3.8) is 0 Å². The molecule has 11 heteroatoms. The predicted octanol–water partition coefficient (Wildman–Crippen LogP) is 2.97. The van der Waals surface area contributed by atoms with E-state index in [0.29, 0.717) is 45.5 Å². The molecule has 0 bridgehead atoms. The second kappa shape index (κ2) is 8.80. The summed E-state index contributed by atoms with van der Waals surface area (Å²) in [6.07, 6.45) is 1.53. The number of nitrogens with one attached hydrogen (secondary N) is 2. The van der Waals surface area contributed by atoms with Crippen molar-refractivity contribution in [2.75, 3.05) is 26.1 Å². The summed E-state index contributed by atoms with van der Waals surface area (Å²) in [5.74, 6) is 0.105. The molecule has 0 aliphatic rings. The molecule has 1 amide bonds. The Balaban J connectivity index is 1.84. The normalized spacial score (nSPS) is 10.6. The van der Waals surface area contributed by atoms with Crippen molar-refractivity contribution in [1.82, 2.24) is 14.6 Å². The zero-order valence-electron chi connectivity index (χ0n) is 17.7. The molecular weight excluding hydrogens is 431 g/mol. The number of carbonyl (C=O) groups excluding carboxylic acids is 1. The quantitative estimate of drug-likeness (QED) is 0.375. The number of nitrogens with two attached hydrogens (primary N) is 1. The van der Waals surface area contributed by atoms with Crippen LogP contribution in [0.15, 0.2) is 42.6 Å². The lowest BCUT2D eigenvalue weighted by Gasteiger charge is -2.13. The van der Waals surface area contributed by atoms with Crippen LogP contribution in [0.2, 0.25) is 0 Å². The van der Waals surface area contributed by atoms with E-state index in [0.717, 1.165) is 0 Å². The van der Waals surface area contributed by atoms with E-state index in [1.54, 1.807) is 28.8 Å². The number of primary amides is 1. The van der Waals surface area contributed by atoms with Gasteiger partial charge in [-0.05, 0) is 30.3 Å². The summed E-state index contributed by atoms with van der Waals surface area (Å²) in [6, 6.07) is 11.5. The standard InChI is InChI=1S/C22H19FN6O4/c1-31-16-6-3-12(7-18(16)33-11-19(25)30)20-22(29-21(28-20)13(9-24)10-26-29)27-14-4-5-15(23)17(8-14)32-2/h3-8,10,26-27H,11H2,1-2H3,(H2,25,30). The van der Waals surface area contributed by atoms with E-state index in [-0.39, 0.29) is 12.4 Å². The van der Waals surface area contributed by atoms with Crippen LogP contribution >= 0.6 is 0 Å². The Morgan fingerprint density at radius 2 is 2.00 bits per heavy atom. The van der Waals surface area contributed by atoms with Gasteiger partial charge in [0, 0.05) is 23.5 Å². The van der Waals surface area contributed by atoms with Crippen LogP contribution < -0.4 is 25.3 Å². The van der Waals surface area contributed by atoms with Crippen molar-refractivity contribution in [2.45, 2.75) is 0 Å². The third-order valence-electron chi connectivity index (χ3n) is 4.80. The van der Waals surface area contributed by atoms with Crippen LogP contribution in [0.25, 0.3) is 16.9 Å². The van der Waals surface area contributed by atoms with Gasteiger partial charge in [-0.15, -0.1) is 0 Å². The molecule has 0 atom stereocenters. The maximum Gasteiger partial charge on any atom is 0.255 e. The van der Waals surface area contributed by atoms with Crippen LogP contribution in [0.1, 0.15) is 5.56 Å². The number of hydrogen-bond acceptors (Lipinski definition) is 7. The van der Waals surface area contributed by atoms with Crippen molar-refractivity contribution in [2.24, 2.45) is 5.73 Å². The number of anilines is 2. The highest BCUT2D eigenvalue weighted by Gasteiger charge is 2.20. The summed E-state index contributed by atoms with van der Waals surface area (Å²) in [5, 5.41) is 15.6. The lowest BCUT2D eigenvalue weighted by molar-refractivity contribution is -0.119. The van der Waals surface area contributed by atoms with Crippen LogP contribution in [0.5, 0.6) is 17.2 Å². The van der Waals surface area contributed by atoms with E-state index in [9.17, 15) is 14.4 Å². The molecular formula is C22H19FN6O4. The van der Waals surface area contributed by atoms with Gasteiger partial charge in [0.25, 0.3) is 5.91 Å². The number of hydrogen-bond donors (Lipinski definition) is 3. The van der Waals surface area contributed by atoms with Gasteiger partial charge in [0.15, 0.2) is 41.1 Å². The highest BCUT2D eigenvalue weighted by molar-refractivity contribution is 5.82. The smallest absolute Gasteiger partial charge is 0.255 e. The van der Waals surface area contributed by atoms with Crippen molar-refractivity contribution >= 4 is 23.1 Å². The number of ether oxygens (including phenoxy) is 3. The number of H-pyrrole nitrogens is 1. The monoisotopic (exact) mass is 450 g/mol. The third kappa shape index (κ3) is 4.09. The number of amides is 1. The Morgan fingerprint density at radius 1 is 1.21 bits per heavy atom. The average Bonchev–Trinajstić information content (AvgIpc) is 3.38. The Bertz CT molecular complexity index is 1390. The molecule has 0 fully saturated rings. The fraction of sp³-hybridized carbons (Fsp3) is 0.136. The number of halogens is 1. The fourth-order valence-electron chi connectivity index (χ4n) is 3.28. The summed E-state index contributed by atoms with van der Waals surface area (Å²) in [5.41, 5.74) is 7.51. The van der Waals surface area contributed by atoms with Crippen LogP contribution in [0, 0.1) is 17.1 Å². The highest BCUT2D eigenvalue weighted by Crippen LogP contribution is 2.37. The number of fused-ring (bicyclic) bond motifs is 1. The van der Waals surface area contributed by atoms with E-state index in [1.165, 1.54) is 32.5 Å². The summed E-state index contributed by atoms with van der Waals surface area (Å²) in [6.45, 7) is -0.330. The van der Waals surface area contributed by atoms with Crippen molar-refractivity contribution in [3.05, 3.63) is 54.0 Å². The molecule has 4 N–H and O–H groups in total. The lowest BCUT2D eigenvalue weighted by Crippen LogP contribution is -2.20. The van der Waals surface area contributed by atoms with Crippen molar-refractivity contribution < 1.29 is 23.4 Å². The molecule has 0 saturated carbocycles. The fourth-order valence-corrected chi connectivity index (χ4v) is 3.28. The molecule has 10 nitrogen and oxygen atoms in total. The van der Waals surface area contributed by atoms with Gasteiger partial charge in [-0.25, -0.2) is 13.9 Å². The molecule has 0 aliphatic heterocycles. The zero-order chi connectivity index (χ0) is 23.5. The number of nitriles is 1. The number of methoxy groups -OCH3 is 2. The number of aromatic nitrogens is 3. The van der Waals surface area contributed by atoms with Crippen LogP contribution in [-0.4, -0.2) is 41.3 Å².